The van der Waals surface area contributed by atoms with Crippen molar-refractivity contribution in [2.45, 2.75) is 0 Å². The normalized spacial score (nSPS) is 11.7. The van der Waals surface area contributed by atoms with Crippen molar-refractivity contribution in [3.05, 3.63) is 77.1 Å². The van der Waals surface area contributed by atoms with Crippen LogP contribution in [-0.2, 0) is 11.8 Å². The fourth-order valence-corrected chi connectivity index (χ4v) is 3.76. The third-order valence-corrected chi connectivity index (χ3v) is 5.33. The number of methoxy groups -OCH3 is 1. The summed E-state index contributed by atoms with van der Waals surface area (Å²) in [7, 11) is 5.65. The Morgan fingerprint density at radius 2 is 1.96 bits per heavy atom. The number of oxazole rings is 1. The largest absolute Gasteiger partial charge is 0.482 e. The van der Waals surface area contributed by atoms with Crippen LogP contribution in [0.25, 0.3) is 28.3 Å². The van der Waals surface area contributed by atoms with Gasteiger partial charge in [-0.15, -0.1) is 0 Å². The maximum atomic E-state index is 5.98. The van der Waals surface area contributed by atoms with E-state index in [-0.39, 0.29) is 0 Å². The van der Waals surface area contributed by atoms with Gasteiger partial charge in [0.15, 0.2) is 0 Å². The van der Waals surface area contributed by atoms with Gasteiger partial charge < -0.3 is 14.1 Å². The highest BCUT2D eigenvalue weighted by Gasteiger charge is 2.19. The van der Waals surface area contributed by atoms with E-state index in [2.05, 4.69) is 41.1 Å². The summed E-state index contributed by atoms with van der Waals surface area (Å²) < 4.78 is 13.7. The number of aryl methyl sites for hydroxylation is 1. The van der Waals surface area contributed by atoms with Gasteiger partial charge in [-0.25, -0.2) is 0 Å². The van der Waals surface area contributed by atoms with Gasteiger partial charge in [0, 0.05) is 18.8 Å². The first kappa shape index (κ1) is 17.4. The van der Waals surface area contributed by atoms with E-state index in [0.29, 0.717) is 5.88 Å². The Bertz CT molecular complexity index is 1100. The van der Waals surface area contributed by atoms with Crippen LogP contribution in [0.5, 0.6) is 0 Å². The molecule has 0 spiro atoms. The molecule has 4 aromatic rings. The summed E-state index contributed by atoms with van der Waals surface area (Å²) in [5, 5.41) is 4.24. The van der Waals surface area contributed by atoms with Crippen LogP contribution in [0, 0.1) is 0 Å². The van der Waals surface area contributed by atoms with Gasteiger partial charge in [0.1, 0.15) is 13.1 Å². The van der Waals surface area contributed by atoms with Crippen molar-refractivity contribution in [3.63, 3.8) is 0 Å². The number of benzene rings is 2. The number of thiophene rings is 1. The van der Waals surface area contributed by atoms with Crippen LogP contribution < -0.4 is 9.47 Å². The minimum absolute atomic E-state index is 0.701. The molecule has 0 unspecified atom stereocenters. The zero-order valence-electron chi connectivity index (χ0n) is 15.5. The number of hydrogen-bond donors (Lipinski definition) is 0. The van der Waals surface area contributed by atoms with Crippen LogP contribution >= 0.6 is 11.3 Å². The van der Waals surface area contributed by atoms with E-state index in [0.717, 1.165) is 22.7 Å². The molecule has 136 valence electrons. The monoisotopic (exact) mass is 377 g/mol. The van der Waals surface area contributed by atoms with Crippen molar-refractivity contribution in [2.24, 2.45) is 7.05 Å². The Labute approximate surface area is 162 Å². The van der Waals surface area contributed by atoms with E-state index >= 15 is 0 Å². The molecule has 0 saturated carbocycles. The molecule has 0 aliphatic heterocycles. The molecule has 0 fully saturated rings. The summed E-state index contributed by atoms with van der Waals surface area (Å²) >= 11 is 1.70. The van der Waals surface area contributed by atoms with E-state index in [1.165, 1.54) is 11.1 Å². The summed E-state index contributed by atoms with van der Waals surface area (Å²) in [6.45, 7) is 0. The predicted molar refractivity (Wildman–Crippen MR) is 111 cm³/mol. The Morgan fingerprint density at radius 1 is 1.11 bits per heavy atom. The SMILES string of the molecule is COC(=Cc1oc2ccccc2[n+]1C)N(C)c1cccc(-c2ccsc2)c1. The maximum Gasteiger partial charge on any atom is 0.379 e. The number of nitrogens with zero attached hydrogens (tertiary/aromatic N) is 2. The Morgan fingerprint density at radius 3 is 2.70 bits per heavy atom. The average Bonchev–Trinajstić information content (AvgIpc) is 3.35. The summed E-state index contributed by atoms with van der Waals surface area (Å²) in [4.78, 5) is 2.02. The second-order valence-corrected chi connectivity index (χ2v) is 7.06. The zero-order valence-corrected chi connectivity index (χ0v) is 16.4. The molecule has 2 aromatic carbocycles. The first-order valence-corrected chi connectivity index (χ1v) is 9.61. The van der Waals surface area contributed by atoms with Crippen molar-refractivity contribution in [3.8, 4) is 11.1 Å². The minimum Gasteiger partial charge on any atom is -0.482 e. The lowest BCUT2D eigenvalue weighted by Crippen LogP contribution is -2.30. The summed E-state index contributed by atoms with van der Waals surface area (Å²) in [5.74, 6) is 1.43. The highest BCUT2D eigenvalue weighted by Crippen LogP contribution is 2.28. The van der Waals surface area contributed by atoms with E-state index in [9.17, 15) is 0 Å². The molecule has 27 heavy (non-hydrogen) atoms. The summed E-state index contributed by atoms with van der Waals surface area (Å²) in [6, 6.07) is 18.5. The molecule has 0 aliphatic carbocycles. The van der Waals surface area contributed by atoms with Crippen LogP contribution in [0.15, 0.2) is 75.7 Å². The smallest absolute Gasteiger partial charge is 0.379 e. The highest BCUT2D eigenvalue weighted by molar-refractivity contribution is 7.08. The molecule has 5 heteroatoms. The number of rotatable bonds is 5. The van der Waals surface area contributed by atoms with Gasteiger partial charge in [-0.05, 0) is 46.2 Å². The van der Waals surface area contributed by atoms with Gasteiger partial charge in [-0.1, -0.05) is 24.3 Å². The lowest BCUT2D eigenvalue weighted by atomic mass is 10.1. The molecule has 2 heterocycles. The molecular formula is C22H21N2O2S+. The molecule has 0 saturated heterocycles. The summed E-state index contributed by atoms with van der Waals surface area (Å²) in [5.41, 5.74) is 5.35. The first-order chi connectivity index (χ1) is 13.2. The second-order valence-electron chi connectivity index (χ2n) is 6.28. The van der Waals surface area contributed by atoms with Crippen LogP contribution in [0.1, 0.15) is 5.89 Å². The van der Waals surface area contributed by atoms with Crippen molar-refractivity contribution in [1.29, 1.82) is 0 Å². The van der Waals surface area contributed by atoms with E-state index in [4.69, 9.17) is 9.15 Å². The molecular weight excluding hydrogens is 356 g/mol. The van der Waals surface area contributed by atoms with Gasteiger partial charge in [0.05, 0.1) is 7.11 Å². The Hall–Kier alpha value is -3.05. The molecule has 0 aliphatic rings. The average molecular weight is 377 g/mol. The van der Waals surface area contributed by atoms with Crippen molar-refractivity contribution < 1.29 is 13.7 Å². The Balaban J connectivity index is 1.70. The van der Waals surface area contributed by atoms with Crippen LogP contribution in [0.4, 0.5) is 5.69 Å². The highest BCUT2D eigenvalue weighted by atomic mass is 32.1. The van der Waals surface area contributed by atoms with Crippen molar-refractivity contribution in [1.82, 2.24) is 0 Å². The van der Waals surface area contributed by atoms with Crippen molar-refractivity contribution >= 4 is 34.2 Å². The molecule has 0 radical (unpaired) electrons. The fourth-order valence-electron chi connectivity index (χ4n) is 3.10. The van der Waals surface area contributed by atoms with Gasteiger partial charge >= 0.3 is 5.89 Å². The molecule has 0 atom stereocenters. The molecule has 2 aromatic heterocycles. The molecule has 4 rings (SSSR count). The number of ether oxygens (including phenoxy) is 1. The Kier molecular flexibility index (Phi) is 4.69. The van der Waals surface area contributed by atoms with E-state index in [1.807, 2.05) is 53.9 Å². The van der Waals surface area contributed by atoms with Crippen LogP contribution in [-0.4, -0.2) is 14.2 Å². The lowest BCUT2D eigenvalue weighted by Gasteiger charge is -2.21. The fraction of sp³-hybridized carbons (Fsp3) is 0.136. The van der Waals surface area contributed by atoms with Crippen molar-refractivity contribution in [2.75, 3.05) is 19.1 Å². The van der Waals surface area contributed by atoms with Crippen LogP contribution in [0.3, 0.4) is 0 Å². The van der Waals surface area contributed by atoms with E-state index in [1.54, 1.807) is 18.4 Å². The molecule has 0 N–H and O–H groups in total. The maximum absolute atomic E-state index is 5.98. The third kappa shape index (κ3) is 3.34. The number of anilines is 1. The molecule has 4 nitrogen and oxygen atoms in total. The number of aromatic nitrogens is 1. The zero-order chi connectivity index (χ0) is 18.8. The van der Waals surface area contributed by atoms with Gasteiger partial charge in [0.25, 0.3) is 5.52 Å². The standard InChI is InChI=1S/C22H21N2O2S/c1-23(18-8-6-7-16(13-18)17-11-12-27-15-17)21(25-3)14-22-24(2)19-9-4-5-10-20(19)26-22/h4-15H,1-3H3/q+1. The van der Waals surface area contributed by atoms with Gasteiger partial charge in [0.2, 0.25) is 11.5 Å². The predicted octanol–water partition coefficient (Wildman–Crippen LogP) is 5.07. The van der Waals surface area contributed by atoms with Crippen LogP contribution in [0.2, 0.25) is 0 Å². The molecule has 0 amide bonds. The van der Waals surface area contributed by atoms with Gasteiger partial charge in [-0.3, -0.25) is 0 Å². The quantitative estimate of drug-likeness (QED) is 0.359. The topological polar surface area (TPSA) is 29.5 Å². The first-order valence-electron chi connectivity index (χ1n) is 8.67. The summed E-state index contributed by atoms with van der Waals surface area (Å²) in [6.07, 6.45) is 1.91. The minimum atomic E-state index is 0.701. The second kappa shape index (κ2) is 7.29. The number of para-hydroxylation sites is 2. The van der Waals surface area contributed by atoms with E-state index < -0.39 is 0 Å². The third-order valence-electron chi connectivity index (χ3n) is 4.65. The molecule has 0 bridgehead atoms. The van der Waals surface area contributed by atoms with Gasteiger partial charge in [-0.2, -0.15) is 15.9 Å². The number of fused-ring (bicyclic) bond motifs is 1. The lowest BCUT2D eigenvalue weighted by molar-refractivity contribution is -0.652. The number of hydrogen-bond acceptors (Lipinski definition) is 4.